The number of hydrogen-bond donors (Lipinski definition) is 2. The van der Waals surface area contributed by atoms with E-state index in [4.69, 9.17) is 9.47 Å². The predicted molar refractivity (Wildman–Crippen MR) is 79.9 cm³/mol. The normalized spacial score (nSPS) is 11.5. The lowest BCUT2D eigenvalue weighted by Gasteiger charge is -2.21. The third-order valence-corrected chi connectivity index (χ3v) is 2.88. The lowest BCUT2D eigenvalue weighted by atomic mass is 9.86. The number of carbonyl (C=O) groups excluding carboxylic acids is 1. The standard InChI is InChI=1S/C14H18BNO5/c1-14(2,3)21-13(17)16-11(15(18)19)8-9-6-5-7-10(20-4)12(9)16/h5-8,18-19H,1-4H3. The van der Waals surface area contributed by atoms with E-state index in [1.54, 1.807) is 39.0 Å². The molecule has 21 heavy (non-hydrogen) atoms. The summed E-state index contributed by atoms with van der Waals surface area (Å²) in [6.07, 6.45) is -0.690. The van der Waals surface area contributed by atoms with E-state index in [2.05, 4.69) is 0 Å². The average Bonchev–Trinajstić information content (AvgIpc) is 2.76. The first-order valence-electron chi connectivity index (χ1n) is 6.52. The molecule has 0 spiro atoms. The molecule has 1 heterocycles. The molecule has 0 amide bonds. The van der Waals surface area contributed by atoms with Crippen LogP contribution in [-0.4, -0.2) is 40.5 Å². The van der Waals surface area contributed by atoms with Gasteiger partial charge in [-0.25, -0.2) is 9.36 Å². The Balaban J connectivity index is 2.68. The van der Waals surface area contributed by atoms with Gasteiger partial charge in [-0.3, -0.25) is 0 Å². The number of carbonyl (C=O) groups is 1. The van der Waals surface area contributed by atoms with Crippen LogP contribution in [0.2, 0.25) is 0 Å². The van der Waals surface area contributed by atoms with Crippen molar-refractivity contribution in [2.45, 2.75) is 26.4 Å². The molecule has 0 bridgehead atoms. The van der Waals surface area contributed by atoms with Crippen LogP contribution in [-0.2, 0) is 4.74 Å². The molecule has 2 aromatic rings. The third-order valence-electron chi connectivity index (χ3n) is 2.88. The minimum absolute atomic E-state index is 0.0313. The summed E-state index contributed by atoms with van der Waals surface area (Å²) in [5.41, 5.74) is -0.228. The number of benzene rings is 1. The van der Waals surface area contributed by atoms with E-state index in [0.717, 1.165) is 4.57 Å². The summed E-state index contributed by atoms with van der Waals surface area (Å²) < 4.78 is 11.7. The second-order valence-electron chi connectivity index (χ2n) is 5.66. The van der Waals surface area contributed by atoms with Gasteiger partial charge >= 0.3 is 13.2 Å². The summed E-state index contributed by atoms with van der Waals surface area (Å²) in [5.74, 6) is 0.449. The van der Waals surface area contributed by atoms with Gasteiger partial charge in [-0.1, -0.05) is 12.1 Å². The van der Waals surface area contributed by atoms with Gasteiger partial charge in [0.1, 0.15) is 16.9 Å². The van der Waals surface area contributed by atoms with Gasteiger partial charge in [0.05, 0.1) is 12.7 Å². The van der Waals surface area contributed by atoms with E-state index in [-0.39, 0.29) is 5.59 Å². The van der Waals surface area contributed by atoms with Crippen molar-refractivity contribution in [3.8, 4) is 5.75 Å². The van der Waals surface area contributed by atoms with Crippen molar-refractivity contribution < 1.29 is 24.3 Å². The molecule has 0 fully saturated rings. The second kappa shape index (κ2) is 5.42. The highest BCUT2D eigenvalue weighted by Crippen LogP contribution is 2.26. The van der Waals surface area contributed by atoms with Gasteiger partial charge in [-0.15, -0.1) is 0 Å². The summed E-state index contributed by atoms with van der Waals surface area (Å²) >= 11 is 0. The van der Waals surface area contributed by atoms with E-state index in [0.29, 0.717) is 16.7 Å². The largest absolute Gasteiger partial charge is 0.506 e. The third kappa shape index (κ3) is 3.04. The number of methoxy groups -OCH3 is 1. The van der Waals surface area contributed by atoms with Crippen LogP contribution in [0.5, 0.6) is 5.75 Å². The maximum absolute atomic E-state index is 12.4. The lowest BCUT2D eigenvalue weighted by molar-refractivity contribution is 0.0547. The molecule has 0 radical (unpaired) electrons. The fourth-order valence-corrected chi connectivity index (χ4v) is 2.11. The maximum Gasteiger partial charge on any atom is 0.506 e. The van der Waals surface area contributed by atoms with Crippen LogP contribution >= 0.6 is 0 Å². The van der Waals surface area contributed by atoms with Crippen LogP contribution in [0.1, 0.15) is 20.8 Å². The number of fused-ring (bicyclic) bond motifs is 1. The highest BCUT2D eigenvalue weighted by Gasteiger charge is 2.28. The van der Waals surface area contributed by atoms with Crippen molar-refractivity contribution in [2.24, 2.45) is 0 Å². The molecule has 0 unspecified atom stereocenters. The van der Waals surface area contributed by atoms with Crippen LogP contribution in [0.15, 0.2) is 24.3 Å². The van der Waals surface area contributed by atoms with Gasteiger partial charge in [-0.05, 0) is 32.9 Å². The van der Waals surface area contributed by atoms with Gasteiger partial charge in [0.25, 0.3) is 0 Å². The lowest BCUT2D eigenvalue weighted by Crippen LogP contribution is -2.41. The highest BCUT2D eigenvalue weighted by atomic mass is 16.6. The molecule has 6 nitrogen and oxygen atoms in total. The molecule has 0 saturated heterocycles. The Labute approximate surface area is 123 Å². The average molecular weight is 291 g/mol. The number of ether oxygens (including phenoxy) is 2. The Bertz CT molecular complexity index is 672. The van der Waals surface area contributed by atoms with Gasteiger partial charge in [0.15, 0.2) is 0 Å². The predicted octanol–water partition coefficient (Wildman–Crippen LogP) is 1.11. The highest BCUT2D eigenvalue weighted by molar-refractivity contribution is 6.59. The molecule has 7 heteroatoms. The van der Waals surface area contributed by atoms with Crippen molar-refractivity contribution in [3.63, 3.8) is 0 Å². The number of nitrogens with zero attached hydrogens (tertiary/aromatic N) is 1. The minimum atomic E-state index is -1.80. The van der Waals surface area contributed by atoms with Gasteiger partial charge < -0.3 is 19.5 Å². The zero-order valence-corrected chi connectivity index (χ0v) is 12.5. The number of hydrogen-bond acceptors (Lipinski definition) is 5. The van der Waals surface area contributed by atoms with Crippen LogP contribution in [0.3, 0.4) is 0 Å². The molecule has 2 N–H and O–H groups in total. The fourth-order valence-electron chi connectivity index (χ4n) is 2.11. The van der Waals surface area contributed by atoms with Gasteiger partial charge in [-0.2, -0.15) is 0 Å². The molecule has 0 atom stereocenters. The molecular weight excluding hydrogens is 273 g/mol. The Morgan fingerprint density at radius 2 is 1.95 bits per heavy atom. The SMILES string of the molecule is COc1cccc2cc(B(O)O)n(C(=O)OC(C)(C)C)c12. The summed E-state index contributed by atoms with van der Waals surface area (Å²) in [5, 5.41) is 19.7. The first kappa shape index (κ1) is 15.4. The Kier molecular flexibility index (Phi) is 3.98. The first-order chi connectivity index (χ1) is 9.74. The Morgan fingerprint density at radius 3 is 2.48 bits per heavy atom. The first-order valence-corrected chi connectivity index (χ1v) is 6.52. The maximum atomic E-state index is 12.4. The molecule has 1 aromatic carbocycles. The molecule has 1 aromatic heterocycles. The van der Waals surface area contributed by atoms with Crippen LogP contribution in [0.4, 0.5) is 4.79 Å². The smallest absolute Gasteiger partial charge is 0.495 e. The van der Waals surface area contributed by atoms with Gasteiger partial charge in [0.2, 0.25) is 0 Å². The van der Waals surface area contributed by atoms with Crippen molar-refractivity contribution in [2.75, 3.05) is 7.11 Å². The number of aromatic nitrogens is 1. The fraction of sp³-hybridized carbons (Fsp3) is 0.357. The van der Waals surface area contributed by atoms with Crippen molar-refractivity contribution in [3.05, 3.63) is 24.3 Å². The zero-order valence-electron chi connectivity index (χ0n) is 12.5. The summed E-state index contributed by atoms with van der Waals surface area (Å²) in [4.78, 5) is 12.4. The molecule has 112 valence electrons. The van der Waals surface area contributed by atoms with Crippen molar-refractivity contribution in [1.82, 2.24) is 4.57 Å². The Hall–Kier alpha value is -1.99. The molecule has 2 rings (SSSR count). The molecule has 0 saturated carbocycles. The van der Waals surface area contributed by atoms with Crippen LogP contribution in [0.25, 0.3) is 10.9 Å². The topological polar surface area (TPSA) is 80.9 Å². The van der Waals surface area contributed by atoms with E-state index in [1.807, 2.05) is 0 Å². The van der Waals surface area contributed by atoms with Gasteiger partial charge in [0, 0.05) is 5.39 Å². The summed E-state index contributed by atoms with van der Waals surface area (Å²) in [6, 6.07) is 6.72. The number of rotatable bonds is 2. The zero-order chi connectivity index (χ0) is 15.8. The van der Waals surface area contributed by atoms with E-state index in [1.165, 1.54) is 13.2 Å². The van der Waals surface area contributed by atoms with E-state index in [9.17, 15) is 14.8 Å². The summed E-state index contributed by atoms with van der Waals surface area (Å²) in [7, 11) is -0.314. The molecule has 0 aliphatic rings. The molecule has 0 aliphatic heterocycles. The molecular formula is C14H18BNO5. The van der Waals surface area contributed by atoms with Crippen molar-refractivity contribution >= 4 is 29.7 Å². The van der Waals surface area contributed by atoms with Crippen LogP contribution in [0, 0.1) is 0 Å². The second-order valence-corrected chi connectivity index (χ2v) is 5.66. The van der Waals surface area contributed by atoms with E-state index < -0.39 is 18.8 Å². The number of para-hydroxylation sites is 1. The quantitative estimate of drug-likeness (QED) is 0.810. The molecule has 0 aliphatic carbocycles. The van der Waals surface area contributed by atoms with E-state index >= 15 is 0 Å². The Morgan fingerprint density at radius 1 is 1.29 bits per heavy atom. The van der Waals surface area contributed by atoms with Crippen LogP contribution < -0.4 is 10.3 Å². The monoisotopic (exact) mass is 291 g/mol. The van der Waals surface area contributed by atoms with Crippen molar-refractivity contribution in [1.29, 1.82) is 0 Å². The summed E-state index contributed by atoms with van der Waals surface area (Å²) in [6.45, 7) is 5.22. The minimum Gasteiger partial charge on any atom is -0.495 e.